The minimum absolute atomic E-state index is 0.0489. The summed E-state index contributed by atoms with van der Waals surface area (Å²) in [6.07, 6.45) is 4.92. The first-order valence-corrected chi connectivity index (χ1v) is 13.8. The number of aromatic nitrogens is 1. The molecule has 36 heavy (non-hydrogen) atoms. The largest absolute Gasteiger partial charge is 0.491 e. The zero-order chi connectivity index (χ0) is 25.1. The van der Waals surface area contributed by atoms with Gasteiger partial charge >= 0.3 is 0 Å². The van der Waals surface area contributed by atoms with E-state index in [0.29, 0.717) is 24.3 Å². The Balaban J connectivity index is 1.16. The molecule has 0 saturated carbocycles. The summed E-state index contributed by atoms with van der Waals surface area (Å²) >= 11 is 1.56. The number of rotatable bonds is 6. The Hall–Kier alpha value is -3.19. The average Bonchev–Trinajstić information content (AvgIpc) is 3.39. The molecule has 6 nitrogen and oxygen atoms in total. The Labute approximate surface area is 216 Å². The van der Waals surface area contributed by atoms with Crippen LogP contribution in [0.15, 0.2) is 53.9 Å². The van der Waals surface area contributed by atoms with E-state index in [0.717, 1.165) is 42.9 Å². The number of thiazole rings is 1. The maximum atomic E-state index is 13.0. The van der Waals surface area contributed by atoms with E-state index < -0.39 is 0 Å². The molecule has 2 amide bonds. The lowest BCUT2D eigenvalue weighted by atomic mass is 9.88. The van der Waals surface area contributed by atoms with E-state index in [1.807, 2.05) is 54.5 Å². The number of ether oxygens (including phenoxy) is 1. The summed E-state index contributed by atoms with van der Waals surface area (Å²) < 4.78 is 5.68. The molecule has 1 aromatic heterocycles. The third kappa shape index (κ3) is 5.46. The second-order valence-corrected chi connectivity index (χ2v) is 10.8. The topological polar surface area (TPSA) is 71.5 Å². The van der Waals surface area contributed by atoms with Crippen molar-refractivity contribution in [3.63, 3.8) is 0 Å². The predicted molar refractivity (Wildman–Crippen MR) is 142 cm³/mol. The third-order valence-corrected chi connectivity index (χ3v) is 8.04. The lowest BCUT2D eigenvalue weighted by molar-refractivity contribution is 0.0713. The van der Waals surface area contributed by atoms with Gasteiger partial charge < -0.3 is 15.0 Å². The van der Waals surface area contributed by atoms with Crippen molar-refractivity contribution in [1.82, 2.24) is 15.2 Å². The maximum absolute atomic E-state index is 13.0. The summed E-state index contributed by atoms with van der Waals surface area (Å²) in [4.78, 5) is 32.6. The van der Waals surface area contributed by atoms with Gasteiger partial charge in [-0.15, -0.1) is 11.3 Å². The fourth-order valence-corrected chi connectivity index (χ4v) is 6.15. The highest BCUT2D eigenvalue weighted by atomic mass is 32.1. The van der Waals surface area contributed by atoms with Crippen molar-refractivity contribution < 1.29 is 14.3 Å². The number of fused-ring (bicyclic) bond motifs is 1. The van der Waals surface area contributed by atoms with Crippen LogP contribution in [-0.4, -0.2) is 40.9 Å². The molecule has 1 N–H and O–H groups in total. The van der Waals surface area contributed by atoms with Gasteiger partial charge in [-0.05, 0) is 81.3 Å². The van der Waals surface area contributed by atoms with Gasteiger partial charge in [0.25, 0.3) is 11.8 Å². The number of hydrogen-bond donors (Lipinski definition) is 1. The molecule has 1 fully saturated rings. The van der Waals surface area contributed by atoms with Crippen molar-refractivity contribution in [2.75, 3.05) is 13.1 Å². The Kier molecular flexibility index (Phi) is 7.37. The smallest absolute Gasteiger partial charge is 0.271 e. The van der Waals surface area contributed by atoms with Crippen LogP contribution in [0.4, 0.5) is 0 Å². The highest BCUT2D eigenvalue weighted by Crippen LogP contribution is 2.32. The molecule has 3 aromatic rings. The van der Waals surface area contributed by atoms with Crippen molar-refractivity contribution in [2.24, 2.45) is 0 Å². The first-order valence-electron chi connectivity index (χ1n) is 12.9. The number of piperidine rings is 1. The molecule has 2 aromatic carbocycles. The number of nitrogens with zero attached hydrogens (tertiary/aromatic N) is 2. The van der Waals surface area contributed by atoms with E-state index in [4.69, 9.17) is 9.72 Å². The fourth-order valence-electron chi connectivity index (χ4n) is 5.18. The number of nitrogens with one attached hydrogen (secondary N) is 1. The van der Waals surface area contributed by atoms with E-state index in [1.54, 1.807) is 11.3 Å². The molecule has 2 aliphatic rings. The Morgan fingerprint density at radius 1 is 1.06 bits per heavy atom. The second kappa shape index (κ2) is 10.8. The number of carbonyl (C=O) groups excluding carboxylic acids is 2. The molecule has 188 valence electrons. The first kappa shape index (κ1) is 24.5. The number of likely N-dealkylation sites (tertiary alicyclic amines) is 1. The summed E-state index contributed by atoms with van der Waals surface area (Å²) in [7, 11) is 0. The molecule has 1 saturated heterocycles. The molecular formula is C29H33N3O3S. The van der Waals surface area contributed by atoms with Crippen LogP contribution in [0.5, 0.6) is 5.75 Å². The van der Waals surface area contributed by atoms with E-state index in [1.165, 1.54) is 11.1 Å². The lowest BCUT2D eigenvalue weighted by Crippen LogP contribution is -2.38. The normalized spacial score (nSPS) is 18.1. The number of hydrogen-bond acceptors (Lipinski definition) is 5. The first-order chi connectivity index (χ1) is 17.5. The molecule has 1 unspecified atom stereocenters. The van der Waals surface area contributed by atoms with Crippen LogP contribution in [0.25, 0.3) is 0 Å². The van der Waals surface area contributed by atoms with Gasteiger partial charge in [-0.1, -0.05) is 24.3 Å². The van der Waals surface area contributed by atoms with Crippen molar-refractivity contribution in [3.05, 3.63) is 81.3 Å². The lowest BCUT2D eigenvalue weighted by Gasteiger charge is -2.31. The summed E-state index contributed by atoms with van der Waals surface area (Å²) in [5, 5.41) is 6.07. The number of amides is 2. The van der Waals surface area contributed by atoms with Gasteiger partial charge in [0.2, 0.25) is 0 Å². The Bertz CT molecular complexity index is 1210. The highest BCUT2D eigenvalue weighted by molar-refractivity contribution is 7.09. The van der Waals surface area contributed by atoms with Gasteiger partial charge in [-0.25, -0.2) is 4.98 Å². The van der Waals surface area contributed by atoms with Gasteiger partial charge in [-0.3, -0.25) is 9.59 Å². The Morgan fingerprint density at radius 3 is 2.56 bits per heavy atom. The highest BCUT2D eigenvalue weighted by Gasteiger charge is 2.28. The predicted octanol–water partition coefficient (Wildman–Crippen LogP) is 5.76. The van der Waals surface area contributed by atoms with Gasteiger partial charge in [0.15, 0.2) is 0 Å². The standard InChI is InChI=1S/C29H33N3O3S/c1-19(2)35-23-12-10-22(11-13-23)29(34)32-16-14-21(15-17-32)28-31-26(18-36-28)27(33)30-25-9-5-7-20-6-3-4-8-24(20)25/h3-4,6,8,10-13,18-19,21,25H,5,7,9,14-17H2,1-2H3,(H,30,33). The van der Waals surface area contributed by atoms with Crippen molar-refractivity contribution in [3.8, 4) is 5.75 Å². The fraction of sp³-hybridized carbons (Fsp3) is 0.414. The van der Waals surface area contributed by atoms with E-state index >= 15 is 0 Å². The molecule has 0 bridgehead atoms. The number of aryl methyl sites for hydroxylation is 1. The average molecular weight is 504 g/mol. The minimum atomic E-state index is -0.100. The summed E-state index contributed by atoms with van der Waals surface area (Å²) in [5.74, 6) is 1.00. The van der Waals surface area contributed by atoms with Crippen LogP contribution in [0.2, 0.25) is 0 Å². The van der Waals surface area contributed by atoms with Crippen LogP contribution in [0, 0.1) is 0 Å². The van der Waals surface area contributed by atoms with Crippen molar-refractivity contribution >= 4 is 23.2 Å². The van der Waals surface area contributed by atoms with Crippen molar-refractivity contribution in [2.45, 2.75) is 64.0 Å². The molecule has 2 heterocycles. The summed E-state index contributed by atoms with van der Waals surface area (Å²) in [6.45, 7) is 5.34. The zero-order valence-corrected chi connectivity index (χ0v) is 21.7. The molecule has 1 aliphatic carbocycles. The van der Waals surface area contributed by atoms with Gasteiger partial charge in [0, 0.05) is 30.0 Å². The van der Waals surface area contributed by atoms with Crippen LogP contribution >= 0.6 is 11.3 Å². The quantitative estimate of drug-likeness (QED) is 0.464. The van der Waals surface area contributed by atoms with Crippen LogP contribution in [-0.2, 0) is 6.42 Å². The van der Waals surface area contributed by atoms with Crippen LogP contribution < -0.4 is 10.1 Å². The van der Waals surface area contributed by atoms with E-state index in [2.05, 4.69) is 23.5 Å². The van der Waals surface area contributed by atoms with Crippen LogP contribution in [0.3, 0.4) is 0 Å². The summed E-state index contributed by atoms with van der Waals surface area (Å²) in [6, 6.07) is 15.8. The van der Waals surface area contributed by atoms with Crippen molar-refractivity contribution in [1.29, 1.82) is 0 Å². The molecule has 7 heteroatoms. The molecule has 0 spiro atoms. The molecule has 0 radical (unpaired) electrons. The number of carbonyl (C=O) groups is 2. The minimum Gasteiger partial charge on any atom is -0.491 e. The monoisotopic (exact) mass is 503 g/mol. The van der Waals surface area contributed by atoms with Gasteiger partial charge in [0.1, 0.15) is 11.4 Å². The van der Waals surface area contributed by atoms with E-state index in [-0.39, 0.29) is 29.9 Å². The maximum Gasteiger partial charge on any atom is 0.271 e. The zero-order valence-electron chi connectivity index (χ0n) is 20.9. The van der Waals surface area contributed by atoms with E-state index in [9.17, 15) is 9.59 Å². The third-order valence-electron chi connectivity index (χ3n) is 7.03. The second-order valence-electron chi connectivity index (χ2n) is 9.95. The molecule has 5 rings (SSSR count). The van der Waals surface area contributed by atoms with Gasteiger partial charge in [0.05, 0.1) is 17.2 Å². The number of benzene rings is 2. The van der Waals surface area contributed by atoms with Crippen LogP contribution in [0.1, 0.15) is 88.5 Å². The Morgan fingerprint density at radius 2 is 1.81 bits per heavy atom. The summed E-state index contributed by atoms with van der Waals surface area (Å²) in [5.41, 5.74) is 3.74. The molecule has 1 aliphatic heterocycles. The molecular weight excluding hydrogens is 470 g/mol. The molecule has 1 atom stereocenters. The van der Waals surface area contributed by atoms with Gasteiger partial charge in [-0.2, -0.15) is 0 Å². The SMILES string of the molecule is CC(C)Oc1ccc(C(=O)N2CCC(c3nc(C(=O)NC4CCCc5ccccc54)cs3)CC2)cc1.